The van der Waals surface area contributed by atoms with Gasteiger partial charge in [-0.1, -0.05) is 13.8 Å². The minimum Gasteiger partial charge on any atom is -0.313 e. The maximum atomic E-state index is 14.2. The normalized spacial score (nSPS) is 11.0. The number of rotatable bonds is 6. The van der Waals surface area contributed by atoms with Gasteiger partial charge in [0.25, 0.3) is 0 Å². The summed E-state index contributed by atoms with van der Waals surface area (Å²) in [6.07, 6.45) is 4.72. The molecule has 2 aromatic rings. The van der Waals surface area contributed by atoms with Crippen molar-refractivity contribution in [2.24, 2.45) is 0 Å². The highest BCUT2D eigenvalue weighted by Crippen LogP contribution is 2.21. The SMILES string of the molecule is CCCc1nccn1-c1c(F)cc(CNCC)cc1F. The highest BCUT2D eigenvalue weighted by molar-refractivity contribution is 5.39. The maximum absolute atomic E-state index is 14.2. The van der Waals surface area contributed by atoms with Crippen LogP contribution in [0, 0.1) is 11.6 Å². The molecule has 5 heteroatoms. The summed E-state index contributed by atoms with van der Waals surface area (Å²) in [7, 11) is 0. The van der Waals surface area contributed by atoms with Crippen LogP contribution in [0.2, 0.25) is 0 Å². The van der Waals surface area contributed by atoms with E-state index in [1.165, 1.54) is 16.7 Å². The predicted molar refractivity (Wildman–Crippen MR) is 74.9 cm³/mol. The van der Waals surface area contributed by atoms with Crippen LogP contribution in [0.3, 0.4) is 0 Å². The Labute approximate surface area is 117 Å². The fourth-order valence-electron chi connectivity index (χ4n) is 2.17. The van der Waals surface area contributed by atoms with Crippen LogP contribution in [0.25, 0.3) is 5.69 Å². The average molecular weight is 279 g/mol. The Bertz CT molecular complexity index is 555. The first-order valence-electron chi connectivity index (χ1n) is 6.88. The number of halogens is 2. The van der Waals surface area contributed by atoms with Gasteiger partial charge in [0.15, 0.2) is 11.6 Å². The lowest BCUT2D eigenvalue weighted by Gasteiger charge is -2.12. The lowest BCUT2D eigenvalue weighted by molar-refractivity contribution is 0.559. The van der Waals surface area contributed by atoms with E-state index in [1.54, 1.807) is 12.4 Å². The van der Waals surface area contributed by atoms with E-state index in [0.717, 1.165) is 13.0 Å². The van der Waals surface area contributed by atoms with Crippen molar-refractivity contribution in [3.05, 3.63) is 47.5 Å². The minimum atomic E-state index is -0.562. The number of benzene rings is 1. The van der Waals surface area contributed by atoms with Crippen molar-refractivity contribution in [3.8, 4) is 5.69 Å². The van der Waals surface area contributed by atoms with E-state index in [-0.39, 0.29) is 5.69 Å². The number of aromatic nitrogens is 2. The zero-order chi connectivity index (χ0) is 14.5. The van der Waals surface area contributed by atoms with E-state index in [1.807, 2.05) is 13.8 Å². The van der Waals surface area contributed by atoms with Gasteiger partial charge in [0, 0.05) is 25.4 Å². The van der Waals surface area contributed by atoms with Crippen LogP contribution in [0.5, 0.6) is 0 Å². The third kappa shape index (κ3) is 3.04. The van der Waals surface area contributed by atoms with Gasteiger partial charge in [0.2, 0.25) is 0 Å². The van der Waals surface area contributed by atoms with Gasteiger partial charge in [-0.05, 0) is 30.7 Å². The van der Waals surface area contributed by atoms with E-state index in [9.17, 15) is 8.78 Å². The zero-order valence-corrected chi connectivity index (χ0v) is 11.8. The van der Waals surface area contributed by atoms with E-state index in [2.05, 4.69) is 10.3 Å². The average Bonchev–Trinajstić information content (AvgIpc) is 2.84. The van der Waals surface area contributed by atoms with Crippen molar-refractivity contribution in [3.63, 3.8) is 0 Å². The first kappa shape index (κ1) is 14.7. The molecule has 0 spiro atoms. The van der Waals surface area contributed by atoms with Crippen LogP contribution in [0.1, 0.15) is 31.7 Å². The first-order valence-corrected chi connectivity index (χ1v) is 6.88. The summed E-state index contributed by atoms with van der Waals surface area (Å²) < 4.78 is 29.9. The van der Waals surface area contributed by atoms with Crippen LogP contribution >= 0.6 is 0 Å². The molecule has 108 valence electrons. The molecule has 1 aromatic heterocycles. The standard InChI is InChI=1S/C15H19F2N3/c1-3-5-14-19-6-7-20(14)15-12(16)8-11(9-13(15)17)10-18-4-2/h6-9,18H,3-5,10H2,1-2H3. The third-order valence-electron chi connectivity index (χ3n) is 3.09. The smallest absolute Gasteiger partial charge is 0.150 e. The largest absolute Gasteiger partial charge is 0.313 e. The third-order valence-corrected chi connectivity index (χ3v) is 3.09. The molecule has 0 unspecified atom stereocenters. The molecule has 2 rings (SSSR count). The fraction of sp³-hybridized carbons (Fsp3) is 0.400. The molecule has 0 aliphatic heterocycles. The molecular formula is C15H19F2N3. The van der Waals surface area contributed by atoms with Gasteiger partial charge >= 0.3 is 0 Å². The second kappa shape index (κ2) is 6.61. The monoisotopic (exact) mass is 279 g/mol. The van der Waals surface area contributed by atoms with E-state index in [4.69, 9.17) is 0 Å². The lowest BCUT2D eigenvalue weighted by Crippen LogP contribution is -2.13. The topological polar surface area (TPSA) is 29.9 Å². The number of aryl methyl sites for hydroxylation is 1. The van der Waals surface area contributed by atoms with Crippen molar-refractivity contribution in [2.45, 2.75) is 33.2 Å². The van der Waals surface area contributed by atoms with E-state index >= 15 is 0 Å². The summed E-state index contributed by atoms with van der Waals surface area (Å²) in [6.45, 7) is 5.17. The van der Waals surface area contributed by atoms with Gasteiger partial charge < -0.3 is 5.32 Å². The summed E-state index contributed by atoms with van der Waals surface area (Å²) in [5.74, 6) is -0.453. The van der Waals surface area contributed by atoms with Crippen molar-refractivity contribution in [2.75, 3.05) is 6.54 Å². The van der Waals surface area contributed by atoms with Crippen LogP contribution in [-0.4, -0.2) is 16.1 Å². The molecule has 1 heterocycles. The Kier molecular flexibility index (Phi) is 4.84. The zero-order valence-electron chi connectivity index (χ0n) is 11.8. The molecular weight excluding hydrogens is 260 g/mol. The predicted octanol–water partition coefficient (Wildman–Crippen LogP) is 3.21. The Balaban J connectivity index is 2.39. The second-order valence-corrected chi connectivity index (χ2v) is 4.65. The van der Waals surface area contributed by atoms with Crippen molar-refractivity contribution >= 4 is 0 Å². The molecule has 0 atom stereocenters. The molecule has 0 radical (unpaired) electrons. The molecule has 3 nitrogen and oxygen atoms in total. The van der Waals surface area contributed by atoms with Crippen molar-refractivity contribution in [1.82, 2.24) is 14.9 Å². The van der Waals surface area contributed by atoms with Crippen LogP contribution in [0.4, 0.5) is 8.78 Å². The van der Waals surface area contributed by atoms with Crippen LogP contribution in [0.15, 0.2) is 24.5 Å². The Morgan fingerprint density at radius 3 is 2.50 bits per heavy atom. The summed E-state index contributed by atoms with van der Waals surface area (Å²) in [5, 5.41) is 3.05. The van der Waals surface area contributed by atoms with Gasteiger partial charge in [-0.15, -0.1) is 0 Å². The van der Waals surface area contributed by atoms with Crippen LogP contribution in [-0.2, 0) is 13.0 Å². The second-order valence-electron chi connectivity index (χ2n) is 4.65. The molecule has 0 fully saturated rings. The summed E-state index contributed by atoms with van der Waals surface area (Å²) in [6, 6.07) is 2.74. The Hall–Kier alpha value is -1.75. The summed E-state index contributed by atoms with van der Waals surface area (Å²) >= 11 is 0. The number of hydrogen-bond acceptors (Lipinski definition) is 2. The number of hydrogen-bond donors (Lipinski definition) is 1. The molecule has 0 bridgehead atoms. The molecule has 0 amide bonds. The molecule has 0 saturated heterocycles. The highest BCUT2D eigenvalue weighted by Gasteiger charge is 2.15. The molecule has 1 N–H and O–H groups in total. The molecule has 1 aromatic carbocycles. The molecule has 0 aliphatic carbocycles. The number of nitrogens with one attached hydrogen (secondary N) is 1. The van der Waals surface area contributed by atoms with Gasteiger partial charge in [0.05, 0.1) is 0 Å². The molecule has 0 aliphatic rings. The summed E-state index contributed by atoms with van der Waals surface area (Å²) in [4.78, 5) is 4.15. The van der Waals surface area contributed by atoms with Crippen molar-refractivity contribution in [1.29, 1.82) is 0 Å². The van der Waals surface area contributed by atoms with Crippen molar-refractivity contribution < 1.29 is 8.78 Å². The maximum Gasteiger partial charge on any atom is 0.150 e. The van der Waals surface area contributed by atoms with Crippen LogP contribution < -0.4 is 5.32 Å². The lowest BCUT2D eigenvalue weighted by atomic mass is 10.1. The van der Waals surface area contributed by atoms with E-state index in [0.29, 0.717) is 24.4 Å². The van der Waals surface area contributed by atoms with E-state index < -0.39 is 11.6 Å². The Morgan fingerprint density at radius 1 is 1.20 bits per heavy atom. The quantitative estimate of drug-likeness (QED) is 0.880. The van der Waals surface area contributed by atoms with Gasteiger partial charge in [-0.2, -0.15) is 0 Å². The van der Waals surface area contributed by atoms with Gasteiger partial charge in [-0.25, -0.2) is 13.8 Å². The Morgan fingerprint density at radius 2 is 1.90 bits per heavy atom. The van der Waals surface area contributed by atoms with Gasteiger partial charge in [0.1, 0.15) is 11.5 Å². The molecule has 20 heavy (non-hydrogen) atoms. The number of imidazole rings is 1. The number of nitrogens with zero attached hydrogens (tertiary/aromatic N) is 2. The highest BCUT2D eigenvalue weighted by atomic mass is 19.1. The first-order chi connectivity index (χ1) is 9.67. The van der Waals surface area contributed by atoms with Gasteiger partial charge in [-0.3, -0.25) is 4.57 Å². The minimum absolute atomic E-state index is 0.0498. The molecule has 0 saturated carbocycles. The fourth-order valence-corrected chi connectivity index (χ4v) is 2.17. The summed E-state index contributed by atoms with van der Waals surface area (Å²) in [5.41, 5.74) is 0.550.